The zero-order valence-corrected chi connectivity index (χ0v) is 13.0. The lowest BCUT2D eigenvalue weighted by molar-refractivity contribution is 1.06. The highest BCUT2D eigenvalue weighted by atomic mass is 35.5. The standard InChI is InChI=1S/C17H13ClN2S/c1-12-7-5-6-10-14(12)21-16-11-15(18)19-17(20-16)13-8-3-2-4-9-13/h2-11H,1H3. The molecule has 0 saturated carbocycles. The normalized spacial score (nSPS) is 10.6. The van der Waals surface area contributed by atoms with Crippen molar-refractivity contribution in [2.45, 2.75) is 16.8 Å². The summed E-state index contributed by atoms with van der Waals surface area (Å²) in [5.41, 5.74) is 2.19. The molecule has 21 heavy (non-hydrogen) atoms. The van der Waals surface area contributed by atoms with Gasteiger partial charge in [0, 0.05) is 16.5 Å². The third-order valence-electron chi connectivity index (χ3n) is 3.01. The van der Waals surface area contributed by atoms with E-state index in [4.69, 9.17) is 11.6 Å². The Kier molecular flexibility index (Phi) is 4.23. The number of rotatable bonds is 3. The summed E-state index contributed by atoms with van der Waals surface area (Å²) in [6.45, 7) is 2.09. The molecule has 2 aromatic carbocycles. The number of hydrogen-bond donors (Lipinski definition) is 0. The van der Waals surface area contributed by atoms with Crippen molar-refractivity contribution in [3.63, 3.8) is 0 Å². The van der Waals surface area contributed by atoms with Crippen molar-refractivity contribution in [2.75, 3.05) is 0 Å². The fraction of sp³-hybridized carbons (Fsp3) is 0.0588. The topological polar surface area (TPSA) is 25.8 Å². The first-order valence-electron chi connectivity index (χ1n) is 6.56. The lowest BCUT2D eigenvalue weighted by Crippen LogP contribution is -1.92. The molecule has 104 valence electrons. The Morgan fingerprint density at radius 2 is 1.62 bits per heavy atom. The van der Waals surface area contributed by atoms with Crippen LogP contribution in [0, 0.1) is 6.92 Å². The molecule has 0 N–H and O–H groups in total. The Bertz CT molecular complexity index is 760. The Labute approximate surface area is 133 Å². The number of hydrogen-bond acceptors (Lipinski definition) is 3. The number of aromatic nitrogens is 2. The first-order valence-corrected chi connectivity index (χ1v) is 7.75. The minimum absolute atomic E-state index is 0.458. The van der Waals surface area contributed by atoms with E-state index in [1.807, 2.05) is 42.5 Å². The van der Waals surface area contributed by atoms with Gasteiger partial charge in [-0.05, 0) is 18.6 Å². The Balaban J connectivity index is 1.97. The summed E-state index contributed by atoms with van der Waals surface area (Å²) in [5, 5.41) is 1.31. The van der Waals surface area contributed by atoms with Crippen LogP contribution in [-0.2, 0) is 0 Å². The van der Waals surface area contributed by atoms with Gasteiger partial charge in [-0.15, -0.1) is 0 Å². The van der Waals surface area contributed by atoms with E-state index in [2.05, 4.69) is 29.0 Å². The van der Waals surface area contributed by atoms with Crippen LogP contribution in [0.4, 0.5) is 0 Å². The van der Waals surface area contributed by atoms with E-state index < -0.39 is 0 Å². The summed E-state index contributed by atoms with van der Waals surface area (Å²) in [7, 11) is 0. The minimum atomic E-state index is 0.458. The van der Waals surface area contributed by atoms with Crippen LogP contribution >= 0.6 is 23.4 Å². The van der Waals surface area contributed by atoms with Gasteiger partial charge in [-0.1, -0.05) is 71.9 Å². The van der Waals surface area contributed by atoms with E-state index in [1.54, 1.807) is 17.8 Å². The van der Waals surface area contributed by atoms with Crippen LogP contribution in [0.25, 0.3) is 11.4 Å². The molecule has 0 unspecified atom stereocenters. The molecule has 0 aliphatic heterocycles. The second-order valence-electron chi connectivity index (χ2n) is 4.59. The average Bonchev–Trinajstić information content (AvgIpc) is 2.50. The third kappa shape index (κ3) is 3.43. The highest BCUT2D eigenvalue weighted by Crippen LogP contribution is 2.31. The maximum absolute atomic E-state index is 6.14. The molecular formula is C17H13ClN2S. The predicted molar refractivity (Wildman–Crippen MR) is 87.8 cm³/mol. The molecule has 0 aliphatic rings. The van der Waals surface area contributed by atoms with Gasteiger partial charge >= 0.3 is 0 Å². The fourth-order valence-corrected chi connectivity index (χ4v) is 3.10. The van der Waals surface area contributed by atoms with Crippen LogP contribution in [0.3, 0.4) is 0 Å². The van der Waals surface area contributed by atoms with Crippen LogP contribution in [0.2, 0.25) is 5.15 Å². The van der Waals surface area contributed by atoms with Gasteiger partial charge in [0.2, 0.25) is 0 Å². The monoisotopic (exact) mass is 312 g/mol. The number of nitrogens with zero attached hydrogens (tertiary/aromatic N) is 2. The van der Waals surface area contributed by atoms with Crippen molar-refractivity contribution in [1.29, 1.82) is 0 Å². The summed E-state index contributed by atoms with van der Waals surface area (Å²) in [6, 6.07) is 19.9. The van der Waals surface area contributed by atoms with Gasteiger partial charge in [0.05, 0.1) is 0 Å². The lowest BCUT2D eigenvalue weighted by Gasteiger charge is -2.07. The average molecular weight is 313 g/mol. The van der Waals surface area contributed by atoms with E-state index in [9.17, 15) is 0 Å². The van der Waals surface area contributed by atoms with Crippen LogP contribution < -0.4 is 0 Å². The van der Waals surface area contributed by atoms with Crippen LogP contribution in [0.15, 0.2) is 70.6 Å². The highest BCUT2D eigenvalue weighted by Gasteiger charge is 2.08. The number of benzene rings is 2. The SMILES string of the molecule is Cc1ccccc1Sc1cc(Cl)nc(-c2ccccc2)n1. The van der Waals surface area contributed by atoms with Gasteiger partial charge < -0.3 is 0 Å². The molecular weight excluding hydrogens is 300 g/mol. The molecule has 0 fully saturated rings. The van der Waals surface area contributed by atoms with E-state index in [0.717, 1.165) is 10.6 Å². The zero-order valence-electron chi connectivity index (χ0n) is 11.5. The van der Waals surface area contributed by atoms with Crippen LogP contribution in [0.5, 0.6) is 0 Å². The van der Waals surface area contributed by atoms with E-state index in [0.29, 0.717) is 11.0 Å². The minimum Gasteiger partial charge on any atom is -0.221 e. The summed E-state index contributed by atoms with van der Waals surface area (Å²) in [5.74, 6) is 0.652. The third-order valence-corrected chi connectivity index (χ3v) is 4.30. The van der Waals surface area contributed by atoms with Gasteiger partial charge in [0.15, 0.2) is 5.82 Å². The fourth-order valence-electron chi connectivity index (χ4n) is 1.95. The van der Waals surface area contributed by atoms with Crippen molar-refractivity contribution in [2.24, 2.45) is 0 Å². The molecule has 1 heterocycles. The molecule has 2 nitrogen and oxygen atoms in total. The van der Waals surface area contributed by atoms with Crippen LogP contribution in [-0.4, -0.2) is 9.97 Å². The smallest absolute Gasteiger partial charge is 0.162 e. The summed E-state index contributed by atoms with van der Waals surface area (Å²) in [6.07, 6.45) is 0. The van der Waals surface area contributed by atoms with Crippen molar-refractivity contribution < 1.29 is 0 Å². The molecule has 0 amide bonds. The van der Waals surface area contributed by atoms with E-state index in [-0.39, 0.29) is 0 Å². The van der Waals surface area contributed by atoms with Gasteiger partial charge in [0.25, 0.3) is 0 Å². The van der Waals surface area contributed by atoms with Crippen molar-refractivity contribution >= 4 is 23.4 Å². The maximum atomic E-state index is 6.14. The molecule has 0 aliphatic carbocycles. The van der Waals surface area contributed by atoms with Crippen molar-refractivity contribution in [3.8, 4) is 11.4 Å². The molecule has 0 radical (unpaired) electrons. The second kappa shape index (κ2) is 6.29. The van der Waals surface area contributed by atoms with Gasteiger partial charge in [-0.3, -0.25) is 0 Å². The van der Waals surface area contributed by atoms with Crippen LogP contribution in [0.1, 0.15) is 5.56 Å². The summed E-state index contributed by atoms with van der Waals surface area (Å²) < 4.78 is 0. The van der Waals surface area contributed by atoms with Gasteiger partial charge in [-0.2, -0.15) is 0 Å². The van der Waals surface area contributed by atoms with Gasteiger partial charge in [-0.25, -0.2) is 9.97 Å². The summed E-state index contributed by atoms with van der Waals surface area (Å²) >= 11 is 7.74. The number of halogens is 1. The zero-order chi connectivity index (χ0) is 14.7. The predicted octanol–water partition coefficient (Wildman–Crippen LogP) is 5.26. The molecule has 0 spiro atoms. The van der Waals surface area contributed by atoms with Crippen molar-refractivity contribution in [3.05, 3.63) is 71.4 Å². The first-order chi connectivity index (χ1) is 10.2. The van der Waals surface area contributed by atoms with E-state index in [1.165, 1.54) is 10.5 Å². The van der Waals surface area contributed by atoms with Gasteiger partial charge in [0.1, 0.15) is 10.2 Å². The number of aryl methyl sites for hydroxylation is 1. The second-order valence-corrected chi connectivity index (χ2v) is 6.04. The first kappa shape index (κ1) is 14.1. The lowest BCUT2D eigenvalue weighted by atomic mass is 10.2. The maximum Gasteiger partial charge on any atom is 0.162 e. The Hall–Kier alpha value is -1.84. The quantitative estimate of drug-likeness (QED) is 0.617. The van der Waals surface area contributed by atoms with Crippen molar-refractivity contribution in [1.82, 2.24) is 9.97 Å². The molecule has 0 bridgehead atoms. The highest BCUT2D eigenvalue weighted by molar-refractivity contribution is 7.99. The molecule has 4 heteroatoms. The summed E-state index contributed by atoms with van der Waals surface area (Å²) in [4.78, 5) is 10.1. The molecule has 0 saturated heterocycles. The largest absolute Gasteiger partial charge is 0.221 e. The molecule has 3 rings (SSSR count). The Morgan fingerprint density at radius 3 is 2.38 bits per heavy atom. The molecule has 3 aromatic rings. The van der Waals surface area contributed by atoms with E-state index >= 15 is 0 Å². The Morgan fingerprint density at radius 1 is 0.905 bits per heavy atom. The molecule has 0 atom stereocenters. The molecule has 1 aromatic heterocycles.